The van der Waals surface area contributed by atoms with Crippen LogP contribution in [0.3, 0.4) is 0 Å². The first-order valence-corrected chi connectivity index (χ1v) is 10.1. The maximum atomic E-state index is 13.9. The van der Waals surface area contributed by atoms with Crippen molar-refractivity contribution in [2.24, 2.45) is 5.92 Å². The van der Waals surface area contributed by atoms with Crippen LogP contribution >= 0.6 is 0 Å². The van der Waals surface area contributed by atoms with Crippen LogP contribution in [0.2, 0.25) is 0 Å². The van der Waals surface area contributed by atoms with E-state index < -0.39 is 21.7 Å². The van der Waals surface area contributed by atoms with E-state index in [4.69, 9.17) is 0 Å². The van der Waals surface area contributed by atoms with Gasteiger partial charge in [-0.25, -0.2) is 21.9 Å². The standard InChI is InChI=1S/C19H22F2N2O2S/c1-22-12-13-2-6-16(10-13)23-26(24,25)17-7-3-14(4-8-17)18-9-5-15(20)11-19(18)21/h3-5,7-9,11,13,16,22-23H,2,6,10,12H2,1H3/t13-,16+/m0/s1. The zero-order valence-corrected chi connectivity index (χ0v) is 15.3. The van der Waals surface area contributed by atoms with Crippen LogP contribution in [0, 0.1) is 17.6 Å². The number of rotatable bonds is 6. The summed E-state index contributed by atoms with van der Waals surface area (Å²) < 4.78 is 54.8. The van der Waals surface area contributed by atoms with Crippen LogP contribution in [0.15, 0.2) is 47.4 Å². The Morgan fingerprint density at radius 3 is 2.46 bits per heavy atom. The predicted molar refractivity (Wildman–Crippen MR) is 97.2 cm³/mol. The Bertz CT molecular complexity index is 870. The summed E-state index contributed by atoms with van der Waals surface area (Å²) in [5, 5.41) is 3.12. The summed E-state index contributed by atoms with van der Waals surface area (Å²) in [6.45, 7) is 0.885. The molecule has 2 N–H and O–H groups in total. The lowest BCUT2D eigenvalue weighted by molar-refractivity contribution is 0.495. The lowest BCUT2D eigenvalue weighted by Crippen LogP contribution is -2.33. The first-order valence-electron chi connectivity index (χ1n) is 8.61. The largest absolute Gasteiger partial charge is 0.319 e. The smallest absolute Gasteiger partial charge is 0.240 e. The second-order valence-corrected chi connectivity index (χ2v) is 8.42. The zero-order chi connectivity index (χ0) is 18.7. The Balaban J connectivity index is 1.73. The molecule has 140 valence electrons. The Labute approximate surface area is 152 Å². The number of sulfonamides is 1. The van der Waals surface area contributed by atoms with E-state index in [1.54, 1.807) is 0 Å². The number of benzene rings is 2. The molecule has 2 aromatic carbocycles. The molecule has 26 heavy (non-hydrogen) atoms. The molecule has 1 aliphatic carbocycles. The van der Waals surface area contributed by atoms with Crippen LogP contribution in [0.1, 0.15) is 19.3 Å². The SMILES string of the molecule is CNC[C@H]1CC[C@@H](NS(=O)(=O)c2ccc(-c3ccc(F)cc3F)cc2)C1. The van der Waals surface area contributed by atoms with E-state index in [9.17, 15) is 17.2 Å². The third-order valence-corrected chi connectivity index (χ3v) is 6.30. The Kier molecular flexibility index (Phi) is 5.70. The third-order valence-electron chi connectivity index (χ3n) is 4.76. The van der Waals surface area contributed by atoms with E-state index in [1.165, 1.54) is 36.4 Å². The van der Waals surface area contributed by atoms with Gasteiger partial charge in [-0.1, -0.05) is 12.1 Å². The maximum absolute atomic E-state index is 13.9. The summed E-state index contributed by atoms with van der Waals surface area (Å²) >= 11 is 0. The van der Waals surface area contributed by atoms with Crippen molar-refractivity contribution in [2.75, 3.05) is 13.6 Å². The molecule has 0 unspecified atom stereocenters. The van der Waals surface area contributed by atoms with Gasteiger partial charge in [0.05, 0.1) is 4.90 Å². The van der Waals surface area contributed by atoms with Crippen molar-refractivity contribution in [2.45, 2.75) is 30.2 Å². The van der Waals surface area contributed by atoms with Crippen LogP contribution in [0.5, 0.6) is 0 Å². The normalized spacial score (nSPS) is 20.4. The fourth-order valence-electron chi connectivity index (χ4n) is 3.48. The number of hydrogen-bond donors (Lipinski definition) is 2. The van der Waals surface area contributed by atoms with Gasteiger partial charge < -0.3 is 5.32 Å². The zero-order valence-electron chi connectivity index (χ0n) is 14.5. The van der Waals surface area contributed by atoms with Gasteiger partial charge in [0, 0.05) is 17.7 Å². The van der Waals surface area contributed by atoms with Gasteiger partial charge in [0.1, 0.15) is 11.6 Å². The first-order chi connectivity index (χ1) is 12.4. The van der Waals surface area contributed by atoms with Gasteiger partial charge in [0.2, 0.25) is 10.0 Å². The molecule has 4 nitrogen and oxygen atoms in total. The van der Waals surface area contributed by atoms with Gasteiger partial charge in [-0.3, -0.25) is 0 Å². The van der Waals surface area contributed by atoms with E-state index >= 15 is 0 Å². The predicted octanol–water partition coefficient (Wildman–Crippen LogP) is 3.30. The molecular weight excluding hydrogens is 358 g/mol. The van der Waals surface area contributed by atoms with Gasteiger partial charge in [-0.2, -0.15) is 0 Å². The molecule has 1 aliphatic rings. The van der Waals surface area contributed by atoms with Crippen LogP contribution in [-0.4, -0.2) is 28.1 Å². The molecule has 0 bridgehead atoms. The average Bonchev–Trinajstić information content (AvgIpc) is 3.02. The second-order valence-electron chi connectivity index (χ2n) is 6.70. The summed E-state index contributed by atoms with van der Waals surface area (Å²) in [4.78, 5) is 0.140. The quantitative estimate of drug-likeness (QED) is 0.809. The lowest BCUT2D eigenvalue weighted by atomic mass is 10.1. The van der Waals surface area contributed by atoms with Gasteiger partial charge in [-0.05, 0) is 68.6 Å². The van der Waals surface area contributed by atoms with E-state index in [2.05, 4.69) is 10.0 Å². The molecule has 0 aromatic heterocycles. The van der Waals surface area contributed by atoms with Crippen LogP contribution in [0.4, 0.5) is 8.78 Å². The van der Waals surface area contributed by atoms with Crippen LogP contribution in [-0.2, 0) is 10.0 Å². The minimum atomic E-state index is -3.62. The van der Waals surface area contributed by atoms with Crippen molar-refractivity contribution >= 4 is 10.0 Å². The summed E-state index contributed by atoms with van der Waals surface area (Å²) in [5.41, 5.74) is 0.727. The molecule has 0 radical (unpaired) electrons. The van der Waals surface area contributed by atoms with Crippen molar-refractivity contribution in [3.63, 3.8) is 0 Å². The molecule has 0 heterocycles. The highest BCUT2D eigenvalue weighted by Crippen LogP contribution is 2.28. The minimum absolute atomic E-state index is 0.0624. The number of hydrogen-bond acceptors (Lipinski definition) is 3. The number of halogens is 2. The maximum Gasteiger partial charge on any atom is 0.240 e. The molecule has 1 saturated carbocycles. The summed E-state index contributed by atoms with van der Waals surface area (Å²) in [5.74, 6) is -0.848. The molecule has 7 heteroatoms. The van der Waals surface area contributed by atoms with Crippen molar-refractivity contribution in [1.82, 2.24) is 10.0 Å². The van der Waals surface area contributed by atoms with Crippen LogP contribution in [0.25, 0.3) is 11.1 Å². The molecule has 2 atom stereocenters. The summed E-state index contributed by atoms with van der Waals surface area (Å²) in [6.07, 6.45) is 2.64. The van der Waals surface area contributed by atoms with E-state index in [0.717, 1.165) is 31.9 Å². The van der Waals surface area contributed by atoms with Crippen molar-refractivity contribution in [1.29, 1.82) is 0 Å². The Morgan fingerprint density at radius 1 is 1.08 bits per heavy atom. The first kappa shape index (κ1) is 18.9. The fourth-order valence-corrected chi connectivity index (χ4v) is 4.76. The van der Waals surface area contributed by atoms with Gasteiger partial charge >= 0.3 is 0 Å². The molecule has 1 fully saturated rings. The van der Waals surface area contributed by atoms with Gasteiger partial charge in [0.25, 0.3) is 0 Å². The van der Waals surface area contributed by atoms with Crippen LogP contribution < -0.4 is 10.0 Å². The monoisotopic (exact) mass is 380 g/mol. The highest BCUT2D eigenvalue weighted by Gasteiger charge is 2.28. The third kappa shape index (κ3) is 4.28. The lowest BCUT2D eigenvalue weighted by Gasteiger charge is -2.14. The summed E-state index contributed by atoms with van der Waals surface area (Å²) in [6, 6.07) is 9.21. The Hall–Kier alpha value is -1.83. The van der Waals surface area contributed by atoms with Crippen molar-refractivity contribution < 1.29 is 17.2 Å². The van der Waals surface area contributed by atoms with E-state index in [0.29, 0.717) is 11.5 Å². The molecule has 0 spiro atoms. The molecule has 0 aliphatic heterocycles. The summed E-state index contributed by atoms with van der Waals surface area (Å²) in [7, 11) is -1.73. The highest BCUT2D eigenvalue weighted by atomic mass is 32.2. The van der Waals surface area contributed by atoms with Crippen molar-refractivity contribution in [3.8, 4) is 11.1 Å². The van der Waals surface area contributed by atoms with Crippen molar-refractivity contribution in [3.05, 3.63) is 54.1 Å². The average molecular weight is 380 g/mol. The van der Waals surface area contributed by atoms with E-state index in [1.807, 2.05) is 7.05 Å². The molecule has 3 rings (SSSR count). The topological polar surface area (TPSA) is 58.2 Å². The minimum Gasteiger partial charge on any atom is -0.319 e. The molecule has 0 amide bonds. The molecular formula is C19H22F2N2O2S. The van der Waals surface area contributed by atoms with Gasteiger partial charge in [-0.15, -0.1) is 0 Å². The fraction of sp³-hybridized carbons (Fsp3) is 0.368. The number of nitrogens with one attached hydrogen (secondary N) is 2. The van der Waals surface area contributed by atoms with Gasteiger partial charge in [0.15, 0.2) is 0 Å². The molecule has 0 saturated heterocycles. The van der Waals surface area contributed by atoms with E-state index in [-0.39, 0.29) is 16.5 Å². The second kappa shape index (κ2) is 7.82. The Morgan fingerprint density at radius 2 is 1.81 bits per heavy atom. The highest BCUT2D eigenvalue weighted by molar-refractivity contribution is 7.89. The molecule has 2 aromatic rings.